The molecule has 0 amide bonds. The van der Waals surface area contributed by atoms with Crippen molar-refractivity contribution in [2.75, 3.05) is 19.3 Å². The van der Waals surface area contributed by atoms with E-state index in [1.54, 1.807) is 16.4 Å². The Morgan fingerprint density at radius 3 is 2.95 bits per heavy atom. The normalized spacial score (nSPS) is 13.6. The molecule has 0 aliphatic carbocycles. The molecule has 0 aromatic carbocycles. The van der Waals surface area contributed by atoms with Gasteiger partial charge in [-0.2, -0.15) is 16.9 Å². The molecular formula is C11H22N4O2S2. The number of nitrogens with one attached hydrogen (secondary N) is 1. The van der Waals surface area contributed by atoms with Crippen LogP contribution in [0.5, 0.6) is 0 Å². The SMILES string of the molecule is CSC(C)CCNS(=O)(=O)c1cnn(CCCN)c1. The largest absolute Gasteiger partial charge is 0.330 e. The van der Waals surface area contributed by atoms with E-state index in [9.17, 15) is 8.42 Å². The summed E-state index contributed by atoms with van der Waals surface area (Å²) in [5, 5.41) is 4.46. The van der Waals surface area contributed by atoms with E-state index in [1.165, 1.54) is 12.4 Å². The predicted octanol–water partition coefficient (Wildman–Crippen LogP) is 0.652. The molecule has 0 bridgehead atoms. The molecule has 8 heteroatoms. The second-order valence-corrected chi connectivity index (χ2v) is 7.36. The van der Waals surface area contributed by atoms with Gasteiger partial charge in [0.2, 0.25) is 10.0 Å². The van der Waals surface area contributed by atoms with Gasteiger partial charge in [0.15, 0.2) is 0 Å². The number of aromatic nitrogens is 2. The molecule has 1 aromatic heterocycles. The van der Waals surface area contributed by atoms with Gasteiger partial charge in [-0.15, -0.1) is 0 Å². The third kappa shape index (κ3) is 5.52. The maximum absolute atomic E-state index is 12.0. The lowest BCUT2D eigenvalue weighted by Gasteiger charge is -2.08. The molecule has 0 radical (unpaired) electrons. The van der Waals surface area contributed by atoms with Crippen LogP contribution >= 0.6 is 11.8 Å². The summed E-state index contributed by atoms with van der Waals surface area (Å²) in [5.41, 5.74) is 5.40. The summed E-state index contributed by atoms with van der Waals surface area (Å²) < 4.78 is 28.2. The van der Waals surface area contributed by atoms with Gasteiger partial charge in [-0.05, 0) is 25.6 Å². The van der Waals surface area contributed by atoms with Gasteiger partial charge in [0.25, 0.3) is 0 Å². The average Bonchev–Trinajstić information content (AvgIpc) is 2.85. The third-order valence-electron chi connectivity index (χ3n) is 2.76. The van der Waals surface area contributed by atoms with E-state index in [2.05, 4.69) is 16.7 Å². The van der Waals surface area contributed by atoms with Crippen LogP contribution in [0.25, 0.3) is 0 Å². The van der Waals surface area contributed by atoms with Crippen molar-refractivity contribution in [1.82, 2.24) is 14.5 Å². The van der Waals surface area contributed by atoms with Crippen LogP contribution in [0.1, 0.15) is 19.8 Å². The molecule has 1 rings (SSSR count). The van der Waals surface area contributed by atoms with Crippen LogP contribution in [-0.4, -0.2) is 42.8 Å². The highest BCUT2D eigenvalue weighted by molar-refractivity contribution is 7.99. The monoisotopic (exact) mass is 306 g/mol. The summed E-state index contributed by atoms with van der Waals surface area (Å²) in [4.78, 5) is 0.210. The van der Waals surface area contributed by atoms with Crippen molar-refractivity contribution in [1.29, 1.82) is 0 Å². The first-order chi connectivity index (χ1) is 8.99. The van der Waals surface area contributed by atoms with E-state index in [4.69, 9.17) is 5.73 Å². The molecule has 1 heterocycles. The fourth-order valence-corrected chi connectivity index (χ4v) is 2.81. The molecule has 1 unspecified atom stereocenters. The highest BCUT2D eigenvalue weighted by Crippen LogP contribution is 2.10. The summed E-state index contributed by atoms with van der Waals surface area (Å²) in [7, 11) is -3.44. The van der Waals surface area contributed by atoms with Gasteiger partial charge < -0.3 is 5.73 Å². The average molecular weight is 306 g/mol. The molecule has 0 spiro atoms. The molecule has 0 saturated carbocycles. The Morgan fingerprint density at radius 1 is 1.58 bits per heavy atom. The quantitative estimate of drug-likeness (QED) is 0.699. The minimum atomic E-state index is -3.44. The maximum Gasteiger partial charge on any atom is 0.243 e. The zero-order valence-corrected chi connectivity index (χ0v) is 13.0. The first-order valence-electron chi connectivity index (χ1n) is 6.24. The predicted molar refractivity (Wildman–Crippen MR) is 78.7 cm³/mol. The molecule has 0 aliphatic rings. The number of rotatable bonds is 9. The molecule has 0 saturated heterocycles. The van der Waals surface area contributed by atoms with Crippen LogP contribution in [0.4, 0.5) is 0 Å². The van der Waals surface area contributed by atoms with Crippen molar-refractivity contribution in [3.05, 3.63) is 12.4 Å². The second kappa shape index (κ2) is 7.88. The zero-order chi connectivity index (χ0) is 14.3. The van der Waals surface area contributed by atoms with Gasteiger partial charge in [0.05, 0.1) is 6.20 Å². The second-order valence-electron chi connectivity index (χ2n) is 4.31. The zero-order valence-electron chi connectivity index (χ0n) is 11.4. The number of hydrogen-bond donors (Lipinski definition) is 2. The van der Waals surface area contributed by atoms with Crippen molar-refractivity contribution >= 4 is 21.8 Å². The Hall–Kier alpha value is -0.570. The summed E-state index contributed by atoms with van der Waals surface area (Å²) >= 11 is 1.72. The van der Waals surface area contributed by atoms with E-state index in [0.717, 1.165) is 12.8 Å². The number of nitrogens with zero attached hydrogens (tertiary/aromatic N) is 2. The van der Waals surface area contributed by atoms with Crippen LogP contribution in [0.3, 0.4) is 0 Å². The Bertz CT molecular complexity index is 473. The fourth-order valence-electron chi connectivity index (χ4n) is 1.46. The molecular weight excluding hydrogens is 284 g/mol. The lowest BCUT2D eigenvalue weighted by molar-refractivity contribution is 0.574. The Kier molecular flexibility index (Phi) is 6.84. The molecule has 1 aromatic rings. The first kappa shape index (κ1) is 16.5. The van der Waals surface area contributed by atoms with Crippen molar-refractivity contribution in [2.24, 2.45) is 5.73 Å². The summed E-state index contributed by atoms with van der Waals surface area (Å²) in [6, 6.07) is 0. The third-order valence-corrected chi connectivity index (χ3v) is 5.21. The molecule has 6 nitrogen and oxygen atoms in total. The summed E-state index contributed by atoms with van der Waals surface area (Å²) in [6.45, 7) is 3.71. The van der Waals surface area contributed by atoms with Crippen LogP contribution in [0.2, 0.25) is 0 Å². The van der Waals surface area contributed by atoms with Crippen molar-refractivity contribution < 1.29 is 8.42 Å². The molecule has 1 atom stereocenters. The fraction of sp³-hybridized carbons (Fsp3) is 0.727. The highest BCUT2D eigenvalue weighted by atomic mass is 32.2. The lowest BCUT2D eigenvalue weighted by Crippen LogP contribution is -2.26. The van der Waals surface area contributed by atoms with E-state index in [1.807, 2.05) is 6.26 Å². The topological polar surface area (TPSA) is 90.0 Å². The van der Waals surface area contributed by atoms with Crippen molar-refractivity contribution in [3.63, 3.8) is 0 Å². The minimum absolute atomic E-state index is 0.210. The Morgan fingerprint density at radius 2 is 2.32 bits per heavy atom. The summed E-state index contributed by atoms with van der Waals surface area (Å²) in [5.74, 6) is 0. The van der Waals surface area contributed by atoms with Gasteiger partial charge in [-0.3, -0.25) is 4.68 Å². The number of aryl methyl sites for hydroxylation is 1. The number of thioether (sulfide) groups is 1. The molecule has 19 heavy (non-hydrogen) atoms. The first-order valence-corrected chi connectivity index (χ1v) is 9.01. The molecule has 3 N–H and O–H groups in total. The number of sulfonamides is 1. The van der Waals surface area contributed by atoms with Gasteiger partial charge in [0, 0.05) is 24.5 Å². The summed E-state index contributed by atoms with van der Waals surface area (Å²) in [6.07, 6.45) is 6.51. The van der Waals surface area contributed by atoms with Crippen molar-refractivity contribution in [2.45, 2.75) is 36.5 Å². The van der Waals surface area contributed by atoms with Gasteiger partial charge in [0.1, 0.15) is 4.90 Å². The van der Waals surface area contributed by atoms with E-state index < -0.39 is 10.0 Å². The number of nitrogens with two attached hydrogens (primary N) is 1. The molecule has 0 fully saturated rings. The standard InChI is InChI=1S/C11H22N4O2S2/c1-10(18-2)4-6-14-19(16,17)11-8-13-15(9-11)7-3-5-12/h8-10,14H,3-7,12H2,1-2H3. The maximum atomic E-state index is 12.0. The smallest absolute Gasteiger partial charge is 0.243 e. The lowest BCUT2D eigenvalue weighted by atomic mass is 10.3. The van der Waals surface area contributed by atoms with Crippen LogP contribution in [0, 0.1) is 0 Å². The molecule has 110 valence electrons. The highest BCUT2D eigenvalue weighted by Gasteiger charge is 2.16. The Balaban J connectivity index is 2.54. The van der Waals surface area contributed by atoms with E-state index >= 15 is 0 Å². The minimum Gasteiger partial charge on any atom is -0.330 e. The van der Waals surface area contributed by atoms with Crippen LogP contribution < -0.4 is 10.5 Å². The van der Waals surface area contributed by atoms with Crippen molar-refractivity contribution in [3.8, 4) is 0 Å². The Labute approximate surface area is 119 Å². The van der Waals surface area contributed by atoms with Gasteiger partial charge >= 0.3 is 0 Å². The van der Waals surface area contributed by atoms with Crippen LogP contribution in [-0.2, 0) is 16.6 Å². The van der Waals surface area contributed by atoms with Crippen LogP contribution in [0.15, 0.2) is 17.3 Å². The molecule has 0 aliphatic heterocycles. The van der Waals surface area contributed by atoms with E-state index in [0.29, 0.717) is 24.9 Å². The van der Waals surface area contributed by atoms with Gasteiger partial charge in [-0.25, -0.2) is 13.1 Å². The number of hydrogen-bond acceptors (Lipinski definition) is 5. The van der Waals surface area contributed by atoms with Gasteiger partial charge in [-0.1, -0.05) is 6.92 Å². The van der Waals surface area contributed by atoms with E-state index in [-0.39, 0.29) is 4.90 Å².